The van der Waals surface area contributed by atoms with Crippen LogP contribution in [-0.2, 0) is 43.1 Å². The van der Waals surface area contributed by atoms with Crippen LogP contribution < -0.4 is 54.0 Å². The lowest BCUT2D eigenvalue weighted by Gasteiger charge is -2.31. The molecule has 390 valence electrons. The first-order valence-electron chi connectivity index (χ1n) is 22.8. The van der Waals surface area contributed by atoms with Gasteiger partial charge in [-0.2, -0.15) is 0 Å². The maximum atomic E-state index is 14.1. The first-order valence-corrected chi connectivity index (χ1v) is 22.3. The lowest BCUT2D eigenvalue weighted by atomic mass is 9.96. The molecular weight excluding hydrogens is 899 g/mol. The van der Waals surface area contributed by atoms with Crippen molar-refractivity contribution in [2.24, 2.45) is 34.2 Å². The van der Waals surface area contributed by atoms with Gasteiger partial charge in [0.05, 0.1) is 31.5 Å². The third-order valence-electron chi connectivity index (χ3n) is 9.98. The predicted octanol–water partition coefficient (Wildman–Crippen LogP) is -4.09. The number of hydrogen-bond acceptors (Lipinski definition) is 15. The lowest BCUT2D eigenvalue weighted by molar-refractivity contribution is -0.144. The molecule has 0 rings (SSSR count). The van der Waals surface area contributed by atoms with Crippen LogP contribution in [0.25, 0.3) is 0 Å². The van der Waals surface area contributed by atoms with Gasteiger partial charge in [-0.15, -0.1) is 0 Å². The van der Waals surface area contributed by atoms with E-state index in [0.717, 1.165) is 13.8 Å². The number of amides is 8. The topological polar surface area (TPSA) is 425 Å². The molecule has 0 aromatic heterocycles. The highest BCUT2D eigenvalue weighted by Gasteiger charge is 2.38. The summed E-state index contributed by atoms with van der Waals surface area (Å²) in [5.74, 6) is -10.9. The number of carboxylic acid groups (broad SMARTS) is 1. The number of nitrogens with one attached hydrogen (secondary N) is 8. The minimum Gasteiger partial charge on any atom is -0.480 e. The monoisotopic (exact) mass is 977 g/mol. The summed E-state index contributed by atoms with van der Waals surface area (Å²) < 4.78 is 14.1. The Balaban J connectivity index is 6.61. The van der Waals surface area contributed by atoms with Gasteiger partial charge >= 0.3 is 12.1 Å². The van der Waals surface area contributed by atoms with E-state index in [1.807, 2.05) is 5.32 Å². The maximum absolute atomic E-state index is 14.1. The van der Waals surface area contributed by atoms with Gasteiger partial charge in [0, 0.05) is 6.54 Å². The van der Waals surface area contributed by atoms with Crippen molar-refractivity contribution in [1.29, 1.82) is 0 Å². The highest BCUT2D eigenvalue weighted by molar-refractivity contribution is 5.97. The number of aliphatic hydroxyl groups is 4. The molecular formula is C42H77N11O15. The standard InChI is InChI=1S/C42H77N11O15/c1-12-21(6)28(36(62)52-29(22(7)55)35(61)46-17-27(57)50-30(23(8)56)37(63)49-26(18-54)39(65)66)51-33(59)24(14-13-15-45-40(43)44)47-34(60)25(16-19(2)3)48-38(64)31(32(58)20(4)5)53-41(67)68-42(9,10)11/h19-26,28-32,54-56,58H,12-18H2,1-11H3,(H,46,61)(H,47,60)(H,48,64)(H,49,63)(H,50,57)(H,51,59)(H,52,62)(H,53,67)(H,65,66)(H4,43,44,45)/t21-,22-,23+,24-,25-,26-,28-,29-,30-,31-,32+/m0/s1/i/hD. The highest BCUT2D eigenvalue weighted by atomic mass is 16.6. The third kappa shape index (κ3) is 23.2. The zero-order valence-corrected chi connectivity index (χ0v) is 40.8. The second-order valence-electron chi connectivity index (χ2n) is 18.2. The van der Waals surface area contributed by atoms with Crippen LogP contribution in [0.4, 0.5) is 4.79 Å². The van der Waals surface area contributed by atoms with Crippen molar-refractivity contribution in [3.8, 4) is 0 Å². The number of guanidine groups is 1. The van der Waals surface area contributed by atoms with Gasteiger partial charge in [-0.3, -0.25) is 38.6 Å². The van der Waals surface area contributed by atoms with Gasteiger partial charge in [0.1, 0.15) is 47.9 Å². The van der Waals surface area contributed by atoms with Crippen LogP contribution in [0.15, 0.2) is 4.99 Å². The van der Waals surface area contributed by atoms with Gasteiger partial charge < -0.3 is 84.3 Å². The molecule has 0 aromatic carbocycles. The molecule has 0 saturated carbocycles. The zero-order valence-electron chi connectivity index (χ0n) is 41.8. The number of nitrogens with two attached hydrogens (primary N) is 2. The zero-order chi connectivity index (χ0) is 53.7. The minimum atomic E-state index is -1.75. The van der Waals surface area contributed by atoms with E-state index in [4.69, 9.17) is 22.7 Å². The summed E-state index contributed by atoms with van der Waals surface area (Å²) in [6.07, 6.45) is -5.70. The summed E-state index contributed by atoms with van der Waals surface area (Å²) in [7, 11) is 0. The number of rotatable bonds is 29. The van der Waals surface area contributed by atoms with Crippen molar-refractivity contribution in [1.82, 2.24) is 42.5 Å². The molecule has 0 spiro atoms. The molecule has 0 aliphatic carbocycles. The maximum Gasteiger partial charge on any atom is 0.408 e. The number of carboxylic acids is 1. The largest absolute Gasteiger partial charge is 0.480 e. The summed E-state index contributed by atoms with van der Waals surface area (Å²) in [5.41, 5.74) is 9.94. The summed E-state index contributed by atoms with van der Waals surface area (Å²) in [5, 5.41) is 66.3. The Kier molecular flexibility index (Phi) is 26.4. The van der Waals surface area contributed by atoms with Crippen molar-refractivity contribution in [2.75, 3.05) is 19.7 Å². The van der Waals surface area contributed by atoms with Gasteiger partial charge in [-0.1, -0.05) is 48.0 Å². The van der Waals surface area contributed by atoms with Crippen molar-refractivity contribution in [2.45, 2.75) is 168 Å². The molecule has 11 atom stereocenters. The van der Waals surface area contributed by atoms with Gasteiger partial charge in [0.2, 0.25) is 41.4 Å². The van der Waals surface area contributed by atoms with Crippen molar-refractivity contribution < 1.29 is 74.8 Å². The Morgan fingerprint density at radius 3 is 1.66 bits per heavy atom. The molecule has 0 heterocycles. The fourth-order valence-electron chi connectivity index (χ4n) is 6.01. The van der Waals surface area contributed by atoms with Crippen LogP contribution in [0.2, 0.25) is 1.41 Å². The SMILES string of the molecule is [2H]N(C(=O)[C@@H](NC(=O)OC(C)(C)C)[C@H](O)C(C)C)[C@@H](CC(C)C)C(=O)N[C@@H](CCCN=C(N)N)C(=O)N[C@H](C(=O)N[C@H](C(=O)NCC(=O)N[C@H](C(=O)N[C@@H](CO)C(=O)O)[C@@H](C)O)[C@H](C)O)[C@@H](C)CC. The Bertz CT molecular complexity index is 1780. The van der Waals surface area contributed by atoms with Crippen LogP contribution in [0.3, 0.4) is 0 Å². The number of carbonyl (C=O) groups excluding carboxylic acids is 8. The average molecular weight is 977 g/mol. The van der Waals surface area contributed by atoms with E-state index in [9.17, 15) is 63.6 Å². The summed E-state index contributed by atoms with van der Waals surface area (Å²) in [4.78, 5) is 123. The minimum absolute atomic E-state index is 0.00811. The molecule has 0 aliphatic heterocycles. The van der Waals surface area contributed by atoms with Gasteiger partial charge in [-0.05, 0) is 71.6 Å². The van der Waals surface area contributed by atoms with Crippen molar-refractivity contribution >= 4 is 59.4 Å². The van der Waals surface area contributed by atoms with E-state index >= 15 is 0 Å². The normalized spacial score (nSPS) is 16.5. The molecule has 0 unspecified atom stereocenters. The van der Waals surface area contributed by atoms with Crippen LogP contribution in [0.1, 0.15) is 102 Å². The first-order chi connectivity index (χ1) is 31.8. The van der Waals surface area contributed by atoms with Crippen molar-refractivity contribution in [3.63, 3.8) is 0 Å². The van der Waals surface area contributed by atoms with E-state index in [1.54, 1.807) is 62.3 Å². The fraction of sp³-hybridized carbons (Fsp3) is 0.762. The predicted molar refractivity (Wildman–Crippen MR) is 246 cm³/mol. The summed E-state index contributed by atoms with van der Waals surface area (Å²) in [6.45, 7) is 14.9. The van der Waals surface area contributed by atoms with Crippen LogP contribution in [-0.4, -0.2) is 171 Å². The van der Waals surface area contributed by atoms with Gasteiger partial charge in [-0.25, -0.2) is 9.59 Å². The molecule has 26 heteroatoms. The number of nitrogens with zero attached hydrogens (tertiary/aromatic N) is 1. The molecule has 17 N–H and O–H groups in total. The molecule has 0 fully saturated rings. The van der Waals surface area contributed by atoms with E-state index < -0.39 is 145 Å². The smallest absolute Gasteiger partial charge is 0.408 e. The molecule has 0 radical (unpaired) electrons. The molecule has 0 aromatic rings. The molecule has 26 nitrogen and oxygen atoms in total. The first kappa shape index (κ1) is 60.2. The molecule has 68 heavy (non-hydrogen) atoms. The number of ether oxygens (including phenoxy) is 1. The average Bonchev–Trinajstić information content (AvgIpc) is 3.24. The lowest BCUT2D eigenvalue weighted by Crippen LogP contribution is -2.62. The second kappa shape index (κ2) is 29.8. The summed E-state index contributed by atoms with van der Waals surface area (Å²) in [6, 6.07) is -11.5. The van der Waals surface area contributed by atoms with Crippen LogP contribution in [0, 0.1) is 17.8 Å². The molecule has 0 aliphatic rings. The van der Waals surface area contributed by atoms with Crippen LogP contribution >= 0.6 is 0 Å². The number of alkyl carbamates (subject to hydrolysis) is 1. The fourth-order valence-corrected chi connectivity index (χ4v) is 6.01. The third-order valence-corrected chi connectivity index (χ3v) is 9.98. The number of aliphatic imine (C=N–C) groups is 1. The van der Waals surface area contributed by atoms with E-state index in [2.05, 4.69) is 36.9 Å². The van der Waals surface area contributed by atoms with Crippen LogP contribution in [0.5, 0.6) is 0 Å². The van der Waals surface area contributed by atoms with E-state index in [1.165, 1.54) is 0 Å². The Hall–Kier alpha value is -5.86. The molecule has 8 amide bonds. The number of carbonyl (C=O) groups is 9. The molecule has 0 bridgehead atoms. The highest BCUT2D eigenvalue weighted by Crippen LogP contribution is 2.14. The van der Waals surface area contributed by atoms with E-state index in [-0.39, 0.29) is 44.1 Å². The Morgan fingerprint density at radius 2 is 1.19 bits per heavy atom. The Labute approximate surface area is 398 Å². The number of hydrogen-bond donors (Lipinski definition) is 15. The number of aliphatic hydroxyl groups excluding tert-OH is 4. The quantitative estimate of drug-likeness (QED) is 0.0192. The van der Waals surface area contributed by atoms with Gasteiger partial charge in [0.25, 0.3) is 0 Å². The molecule has 0 saturated heterocycles. The van der Waals surface area contributed by atoms with Gasteiger partial charge in [0.15, 0.2) is 7.37 Å². The second-order valence-corrected chi connectivity index (χ2v) is 18.2. The Morgan fingerprint density at radius 1 is 0.676 bits per heavy atom. The van der Waals surface area contributed by atoms with E-state index in [0.29, 0.717) is 5.31 Å². The number of aliphatic carboxylic acids is 1. The van der Waals surface area contributed by atoms with Crippen molar-refractivity contribution in [3.05, 3.63) is 0 Å². The summed E-state index contributed by atoms with van der Waals surface area (Å²) >= 11 is 0.